The van der Waals surface area contributed by atoms with E-state index in [9.17, 15) is 13.5 Å². The Morgan fingerprint density at radius 2 is 2.12 bits per heavy atom. The van der Waals surface area contributed by atoms with Crippen LogP contribution in [0.5, 0.6) is 0 Å². The Bertz CT molecular complexity index is 1160. The molecule has 0 spiro atoms. The summed E-state index contributed by atoms with van der Waals surface area (Å²) < 4.78 is 58.4. The average Bonchev–Trinajstić information content (AvgIpc) is 3.33. The van der Waals surface area contributed by atoms with Crippen LogP contribution in [0.4, 0.5) is 8.78 Å². The first kappa shape index (κ1) is 25.9. The lowest BCUT2D eigenvalue weighted by Crippen LogP contribution is -2.48. The van der Waals surface area contributed by atoms with Gasteiger partial charge in [0.25, 0.3) is 0 Å². The minimum absolute atomic E-state index is 0.0164. The molecule has 2 heterocycles. The number of aromatic amines is 1. The molecule has 0 saturated carbocycles. The monoisotopic (exact) mass is 492 g/mol. The van der Waals surface area contributed by atoms with Crippen LogP contribution in [0.25, 0.3) is 0 Å². The van der Waals surface area contributed by atoms with Crippen molar-refractivity contribution in [2.45, 2.75) is 56.9 Å². The van der Waals surface area contributed by atoms with E-state index in [1.165, 1.54) is 16.7 Å². The van der Waals surface area contributed by atoms with Crippen molar-refractivity contribution in [1.82, 2.24) is 19.5 Å². The maximum absolute atomic E-state index is 15.2. The largest absolute Gasteiger partial charge is 0.396 e. The number of sulfonamides is 1. The predicted molar refractivity (Wildman–Crippen MR) is 126 cm³/mol. The summed E-state index contributed by atoms with van der Waals surface area (Å²) in [5, 5.41) is 16.1. The van der Waals surface area contributed by atoms with E-state index in [1.807, 2.05) is 6.92 Å². The molecule has 1 saturated heterocycles. The van der Waals surface area contributed by atoms with Crippen LogP contribution in [0, 0.1) is 11.6 Å². The third-order valence-electron chi connectivity index (χ3n) is 6.16. The molecule has 34 heavy (non-hydrogen) atoms. The molecule has 3 atom stereocenters. The minimum Gasteiger partial charge on any atom is -0.396 e. The van der Waals surface area contributed by atoms with E-state index in [-0.39, 0.29) is 36.7 Å². The first-order valence-electron chi connectivity index (χ1n) is 11.1. The molecule has 0 amide bonds. The highest BCUT2D eigenvalue weighted by molar-refractivity contribution is 7.90. The second kappa shape index (κ2) is 11.2. The van der Waals surface area contributed by atoms with Gasteiger partial charge in [0, 0.05) is 36.2 Å². The van der Waals surface area contributed by atoms with Gasteiger partial charge in [-0.25, -0.2) is 17.2 Å². The van der Waals surface area contributed by atoms with Gasteiger partial charge in [0.1, 0.15) is 29.0 Å². The summed E-state index contributed by atoms with van der Waals surface area (Å²) >= 11 is 0. The average molecular weight is 493 g/mol. The Morgan fingerprint density at radius 3 is 2.74 bits per heavy atom. The van der Waals surface area contributed by atoms with Crippen molar-refractivity contribution >= 4 is 10.0 Å². The Kier molecular flexibility index (Phi) is 8.51. The molecule has 0 aliphatic carbocycles. The number of nitrogens with zero attached hydrogens (tertiary/aromatic N) is 3. The van der Waals surface area contributed by atoms with Crippen LogP contribution in [0.1, 0.15) is 56.0 Å². The quantitative estimate of drug-likeness (QED) is 0.516. The Morgan fingerprint density at radius 1 is 1.35 bits per heavy atom. The van der Waals surface area contributed by atoms with Gasteiger partial charge >= 0.3 is 0 Å². The molecule has 1 aliphatic heterocycles. The number of halogens is 2. The zero-order chi connectivity index (χ0) is 24.9. The number of allylic oxidation sites excluding steroid dienone is 4. The van der Waals surface area contributed by atoms with E-state index in [0.717, 1.165) is 12.1 Å². The van der Waals surface area contributed by atoms with E-state index >= 15 is 8.78 Å². The molecular weight excluding hydrogens is 462 g/mol. The molecule has 1 aromatic carbocycles. The number of benzene rings is 1. The van der Waals surface area contributed by atoms with Crippen LogP contribution in [-0.2, 0) is 16.6 Å². The highest BCUT2D eigenvalue weighted by Gasteiger charge is 2.41. The zero-order valence-corrected chi connectivity index (χ0v) is 20.1. The fraction of sp³-hybridized carbons (Fsp3) is 0.417. The first-order chi connectivity index (χ1) is 16.2. The number of H-pyrrole nitrogens is 1. The Labute approximate surface area is 199 Å². The molecule has 0 bridgehead atoms. The maximum atomic E-state index is 15.2. The van der Waals surface area contributed by atoms with Crippen molar-refractivity contribution in [3.8, 4) is 0 Å². The van der Waals surface area contributed by atoms with Gasteiger partial charge in [-0.3, -0.25) is 0 Å². The number of hydrogen-bond donors (Lipinski definition) is 2. The van der Waals surface area contributed by atoms with Crippen molar-refractivity contribution in [3.63, 3.8) is 0 Å². The van der Waals surface area contributed by atoms with E-state index < -0.39 is 32.8 Å². The van der Waals surface area contributed by atoms with Crippen molar-refractivity contribution < 1.29 is 22.3 Å². The van der Waals surface area contributed by atoms with Crippen LogP contribution in [-0.4, -0.2) is 50.9 Å². The van der Waals surface area contributed by atoms with Crippen LogP contribution in [0.2, 0.25) is 0 Å². The summed E-state index contributed by atoms with van der Waals surface area (Å²) in [6.45, 7) is 6.79. The summed E-state index contributed by atoms with van der Waals surface area (Å²) in [5.41, 5.74) is 0.522. The third-order valence-corrected chi connectivity index (χ3v) is 8.53. The number of aliphatic hydroxyl groups excluding tert-OH is 1. The van der Waals surface area contributed by atoms with Gasteiger partial charge < -0.3 is 10.1 Å². The number of aromatic nitrogens is 3. The van der Waals surface area contributed by atoms with E-state index in [0.29, 0.717) is 24.2 Å². The number of aliphatic hydroxyl groups is 1. The highest BCUT2D eigenvalue weighted by atomic mass is 32.2. The normalized spacial score (nSPS) is 22.2. The fourth-order valence-electron chi connectivity index (χ4n) is 4.31. The lowest BCUT2D eigenvalue weighted by atomic mass is 9.93. The summed E-state index contributed by atoms with van der Waals surface area (Å²) in [6, 6.07) is 1.71. The van der Waals surface area contributed by atoms with Gasteiger partial charge in [-0.2, -0.15) is 4.31 Å². The van der Waals surface area contributed by atoms with Crippen molar-refractivity contribution in [3.05, 3.63) is 83.5 Å². The molecule has 10 heteroatoms. The van der Waals surface area contributed by atoms with Crippen molar-refractivity contribution in [1.29, 1.82) is 0 Å². The lowest BCUT2D eigenvalue weighted by Gasteiger charge is -2.38. The third kappa shape index (κ3) is 5.34. The molecule has 2 N–H and O–H groups in total. The molecule has 3 rings (SSSR count). The number of hydrogen-bond acceptors (Lipinski definition) is 5. The smallest absolute Gasteiger partial charge is 0.221 e. The molecular formula is C24H30F2N4O3S. The molecule has 1 fully saturated rings. The molecule has 184 valence electrons. The summed E-state index contributed by atoms with van der Waals surface area (Å²) in [7, 11) is -3.84. The summed E-state index contributed by atoms with van der Waals surface area (Å²) in [4.78, 5) is 2.77. The number of rotatable bonds is 9. The highest BCUT2D eigenvalue weighted by Crippen LogP contribution is 2.34. The van der Waals surface area contributed by atoms with Gasteiger partial charge in [-0.05, 0) is 50.8 Å². The van der Waals surface area contributed by atoms with Gasteiger partial charge in [0.2, 0.25) is 10.0 Å². The first-order valence-corrected chi connectivity index (χ1v) is 12.6. The number of nitrogens with one attached hydrogen (secondary N) is 1. The standard InChI is InChI=1S/C24H30F2N4O3S/c1-4-6-7-17(5-2)23-9-8-16(3)30(34(23,32)33)14-18-12-22(26)20(13-21(18)25)19(10-11-31)24-27-15-28-29-24/h4-7,12-13,15-16,19,23,31H,2,8-11,14H2,1,3H3,(H,27,28,29)/b6-4-,17-7+/t16-,19+,23+/m0/s1. The lowest BCUT2D eigenvalue weighted by molar-refractivity contribution is 0.278. The molecule has 1 aliphatic rings. The molecule has 0 radical (unpaired) electrons. The van der Waals surface area contributed by atoms with Gasteiger partial charge in [-0.1, -0.05) is 30.9 Å². The Hall–Kier alpha value is -2.69. The summed E-state index contributed by atoms with van der Waals surface area (Å²) in [5.74, 6) is -1.84. The zero-order valence-electron chi connectivity index (χ0n) is 19.3. The van der Waals surface area contributed by atoms with E-state index in [4.69, 9.17) is 0 Å². The molecule has 1 aromatic heterocycles. The van der Waals surface area contributed by atoms with Gasteiger partial charge in [-0.15, -0.1) is 10.2 Å². The summed E-state index contributed by atoms with van der Waals surface area (Å²) in [6.07, 6.45) is 9.22. The topological polar surface area (TPSA) is 99.2 Å². The SMILES string of the molecule is C=C/C(=C\C=C/C)[C@H]1CC[C@H](C)N(Cc2cc(F)c([C@@H](CCO)c3nnc[nH]3)cc2F)S1(=O)=O. The second-order valence-corrected chi connectivity index (χ2v) is 10.4. The fourth-order valence-corrected chi connectivity index (χ4v) is 6.52. The maximum Gasteiger partial charge on any atom is 0.221 e. The van der Waals surface area contributed by atoms with Crippen LogP contribution in [0.15, 0.2) is 54.9 Å². The van der Waals surface area contributed by atoms with E-state index in [2.05, 4.69) is 21.8 Å². The molecule has 2 aromatic rings. The molecule has 7 nitrogen and oxygen atoms in total. The van der Waals surface area contributed by atoms with Crippen LogP contribution in [0.3, 0.4) is 0 Å². The van der Waals surface area contributed by atoms with Gasteiger partial charge in [0.05, 0.1) is 0 Å². The van der Waals surface area contributed by atoms with Crippen molar-refractivity contribution in [2.24, 2.45) is 0 Å². The second-order valence-electron chi connectivity index (χ2n) is 8.31. The molecule has 0 unspecified atom stereocenters. The minimum atomic E-state index is -3.84. The van der Waals surface area contributed by atoms with Crippen LogP contribution < -0.4 is 0 Å². The van der Waals surface area contributed by atoms with E-state index in [1.54, 1.807) is 25.2 Å². The van der Waals surface area contributed by atoms with Gasteiger partial charge in [0.15, 0.2) is 0 Å². The van der Waals surface area contributed by atoms with Crippen molar-refractivity contribution in [2.75, 3.05) is 6.61 Å². The predicted octanol–water partition coefficient (Wildman–Crippen LogP) is 3.97. The van der Waals surface area contributed by atoms with Crippen LogP contribution >= 0.6 is 0 Å². The Balaban J connectivity index is 1.95.